The van der Waals surface area contributed by atoms with Gasteiger partial charge in [-0.2, -0.15) is 0 Å². The van der Waals surface area contributed by atoms with Crippen molar-refractivity contribution in [3.63, 3.8) is 0 Å². The van der Waals surface area contributed by atoms with Gasteiger partial charge in [0.25, 0.3) is 0 Å². The van der Waals surface area contributed by atoms with Crippen LogP contribution in [-0.4, -0.2) is 68.0 Å². The van der Waals surface area contributed by atoms with Crippen LogP contribution in [0, 0.1) is 0 Å². The first-order valence-corrected chi connectivity index (χ1v) is 9.59. The molecule has 144 valence electrons. The second-order valence-electron chi connectivity index (χ2n) is 6.93. The maximum absolute atomic E-state index is 11.9. The molecule has 1 saturated heterocycles. The molecule has 0 aliphatic carbocycles. The zero-order valence-corrected chi connectivity index (χ0v) is 16.5. The molecule has 1 aliphatic rings. The average molecular weight is 360 g/mol. The van der Waals surface area contributed by atoms with Crippen LogP contribution in [0.3, 0.4) is 0 Å². The Labute approximate surface area is 157 Å². The number of carbonyl (C=O) groups excluding carboxylic acids is 1. The number of likely N-dealkylation sites (tertiary alicyclic amines) is 1. The van der Waals surface area contributed by atoms with Gasteiger partial charge in [0.15, 0.2) is 5.96 Å². The highest BCUT2D eigenvalue weighted by Gasteiger charge is 2.26. The van der Waals surface area contributed by atoms with Crippen LogP contribution in [0.25, 0.3) is 0 Å². The van der Waals surface area contributed by atoms with E-state index in [1.807, 2.05) is 17.9 Å². The van der Waals surface area contributed by atoms with Crippen LogP contribution in [0.15, 0.2) is 35.3 Å². The first-order chi connectivity index (χ1) is 12.5. The number of carbonyl (C=O) groups is 1. The Morgan fingerprint density at radius 3 is 2.65 bits per heavy atom. The molecular formula is C20H33N5O. The molecule has 2 N–H and O–H groups in total. The lowest BCUT2D eigenvalue weighted by Gasteiger charge is -2.24. The number of hydrogen-bond acceptors (Lipinski definition) is 3. The minimum atomic E-state index is 0.230. The third kappa shape index (κ3) is 5.73. The number of benzene rings is 1. The van der Waals surface area contributed by atoms with E-state index in [1.165, 1.54) is 5.56 Å². The Morgan fingerprint density at radius 1 is 1.31 bits per heavy atom. The van der Waals surface area contributed by atoms with Crippen LogP contribution < -0.4 is 10.6 Å². The number of nitrogens with one attached hydrogen (secondary N) is 2. The molecular weight excluding hydrogens is 326 g/mol. The van der Waals surface area contributed by atoms with Crippen LogP contribution in [-0.2, 0) is 4.79 Å². The van der Waals surface area contributed by atoms with E-state index < -0.39 is 0 Å². The van der Waals surface area contributed by atoms with Crippen molar-refractivity contribution in [2.75, 3.05) is 40.3 Å². The normalized spacial score (nSPS) is 18.9. The third-order valence-corrected chi connectivity index (χ3v) is 4.76. The summed E-state index contributed by atoms with van der Waals surface area (Å²) in [6.45, 7) is 7.06. The van der Waals surface area contributed by atoms with Crippen LogP contribution in [0.4, 0.5) is 0 Å². The first-order valence-electron chi connectivity index (χ1n) is 9.59. The summed E-state index contributed by atoms with van der Waals surface area (Å²) in [6.07, 6.45) is 1.54. The number of likely N-dealkylation sites (N-methyl/N-ethyl adjacent to an activating group) is 1. The van der Waals surface area contributed by atoms with Crippen LogP contribution in [0.1, 0.15) is 38.3 Å². The lowest BCUT2D eigenvalue weighted by molar-refractivity contribution is -0.129. The van der Waals surface area contributed by atoms with E-state index in [0.717, 1.165) is 32.0 Å². The molecule has 0 aromatic heterocycles. The maximum atomic E-state index is 11.9. The fraction of sp³-hybridized carbons (Fsp3) is 0.600. The molecule has 0 radical (unpaired) electrons. The Morgan fingerprint density at radius 2 is 2.04 bits per heavy atom. The number of rotatable bonds is 7. The number of aliphatic imine (C=N–C) groups is 1. The Balaban J connectivity index is 2.00. The van der Waals surface area contributed by atoms with Crippen molar-refractivity contribution in [2.45, 2.75) is 38.8 Å². The van der Waals surface area contributed by atoms with Gasteiger partial charge in [-0.15, -0.1) is 0 Å². The molecule has 2 atom stereocenters. The molecule has 1 fully saturated rings. The fourth-order valence-corrected chi connectivity index (χ4v) is 3.26. The van der Waals surface area contributed by atoms with Gasteiger partial charge in [0, 0.05) is 32.1 Å². The summed E-state index contributed by atoms with van der Waals surface area (Å²) in [6, 6.07) is 10.9. The molecule has 0 bridgehead atoms. The predicted molar refractivity (Wildman–Crippen MR) is 107 cm³/mol. The summed E-state index contributed by atoms with van der Waals surface area (Å²) in [4.78, 5) is 20.8. The maximum Gasteiger partial charge on any atom is 0.222 e. The van der Waals surface area contributed by atoms with Crippen molar-refractivity contribution in [1.29, 1.82) is 0 Å². The molecule has 1 amide bonds. The molecule has 26 heavy (non-hydrogen) atoms. The molecule has 2 unspecified atom stereocenters. The lowest BCUT2D eigenvalue weighted by atomic mass is 10.1. The van der Waals surface area contributed by atoms with Gasteiger partial charge >= 0.3 is 0 Å². The topological polar surface area (TPSA) is 60.0 Å². The summed E-state index contributed by atoms with van der Waals surface area (Å²) in [5, 5.41) is 6.83. The zero-order valence-electron chi connectivity index (χ0n) is 16.5. The van der Waals surface area contributed by atoms with Crippen molar-refractivity contribution < 1.29 is 4.79 Å². The van der Waals surface area contributed by atoms with E-state index in [0.29, 0.717) is 13.0 Å². The molecule has 1 heterocycles. The average Bonchev–Trinajstić information content (AvgIpc) is 3.10. The van der Waals surface area contributed by atoms with Crippen molar-refractivity contribution in [3.05, 3.63) is 35.9 Å². The standard InChI is InChI=1S/C20H33N5O/c1-5-19(26)25-13-12-17(15-25)23-20(21-6-2)22-14-18(24(3)4)16-10-8-7-9-11-16/h7-11,17-18H,5-6,12-15H2,1-4H3,(H2,21,22,23). The molecule has 0 spiro atoms. The highest BCUT2D eigenvalue weighted by atomic mass is 16.2. The van der Waals surface area contributed by atoms with Crippen molar-refractivity contribution >= 4 is 11.9 Å². The van der Waals surface area contributed by atoms with Gasteiger partial charge < -0.3 is 20.4 Å². The van der Waals surface area contributed by atoms with Crippen LogP contribution in [0.2, 0.25) is 0 Å². The largest absolute Gasteiger partial charge is 0.357 e. The van der Waals surface area contributed by atoms with E-state index in [4.69, 9.17) is 4.99 Å². The van der Waals surface area contributed by atoms with E-state index in [1.54, 1.807) is 0 Å². The minimum Gasteiger partial charge on any atom is -0.357 e. The van der Waals surface area contributed by atoms with Gasteiger partial charge in [0.2, 0.25) is 5.91 Å². The zero-order chi connectivity index (χ0) is 18.9. The van der Waals surface area contributed by atoms with E-state index in [-0.39, 0.29) is 18.0 Å². The lowest BCUT2D eigenvalue weighted by Crippen LogP contribution is -2.45. The molecule has 6 nitrogen and oxygen atoms in total. The van der Waals surface area contributed by atoms with Gasteiger partial charge in [-0.3, -0.25) is 9.79 Å². The molecule has 1 aliphatic heterocycles. The number of nitrogens with zero attached hydrogens (tertiary/aromatic N) is 3. The van der Waals surface area contributed by atoms with E-state index in [2.05, 4.69) is 60.8 Å². The highest BCUT2D eigenvalue weighted by molar-refractivity contribution is 5.80. The summed E-state index contributed by atoms with van der Waals surface area (Å²) >= 11 is 0. The SMILES string of the molecule is CCNC(=NCC(c1ccccc1)N(C)C)NC1CCN(C(=O)CC)C1. The van der Waals surface area contributed by atoms with Gasteiger partial charge in [-0.25, -0.2) is 0 Å². The Kier molecular flexibility index (Phi) is 7.91. The fourth-order valence-electron chi connectivity index (χ4n) is 3.26. The van der Waals surface area contributed by atoms with Gasteiger partial charge in [-0.05, 0) is 33.0 Å². The van der Waals surface area contributed by atoms with Crippen molar-refractivity contribution in [3.8, 4) is 0 Å². The van der Waals surface area contributed by atoms with Gasteiger partial charge in [0.05, 0.1) is 12.6 Å². The number of hydrogen-bond donors (Lipinski definition) is 2. The van der Waals surface area contributed by atoms with Crippen LogP contribution in [0.5, 0.6) is 0 Å². The predicted octanol–water partition coefficient (Wildman–Crippen LogP) is 1.86. The third-order valence-electron chi connectivity index (χ3n) is 4.76. The molecule has 1 aromatic carbocycles. The summed E-state index contributed by atoms with van der Waals surface area (Å²) in [5.74, 6) is 1.05. The first kappa shape index (κ1) is 20.2. The van der Waals surface area contributed by atoms with Crippen molar-refractivity contribution in [1.82, 2.24) is 20.4 Å². The summed E-state index contributed by atoms with van der Waals surface area (Å²) < 4.78 is 0. The van der Waals surface area contributed by atoms with Crippen LogP contribution >= 0.6 is 0 Å². The molecule has 2 rings (SSSR count). The molecule has 0 saturated carbocycles. The smallest absolute Gasteiger partial charge is 0.222 e. The number of amides is 1. The van der Waals surface area contributed by atoms with E-state index >= 15 is 0 Å². The second-order valence-corrected chi connectivity index (χ2v) is 6.93. The molecule has 6 heteroatoms. The minimum absolute atomic E-state index is 0.230. The Hall–Kier alpha value is -2.08. The van der Waals surface area contributed by atoms with E-state index in [9.17, 15) is 4.79 Å². The monoisotopic (exact) mass is 359 g/mol. The quantitative estimate of drug-likeness (QED) is 0.576. The summed E-state index contributed by atoms with van der Waals surface area (Å²) in [5.41, 5.74) is 1.26. The highest BCUT2D eigenvalue weighted by Crippen LogP contribution is 2.18. The number of guanidine groups is 1. The van der Waals surface area contributed by atoms with Gasteiger partial charge in [0.1, 0.15) is 0 Å². The second kappa shape index (κ2) is 10.2. The van der Waals surface area contributed by atoms with Gasteiger partial charge in [-0.1, -0.05) is 37.3 Å². The summed E-state index contributed by atoms with van der Waals surface area (Å²) in [7, 11) is 4.16. The molecule has 1 aromatic rings. The van der Waals surface area contributed by atoms with Crippen molar-refractivity contribution in [2.24, 2.45) is 4.99 Å². The Bertz CT molecular complexity index is 587.